The maximum Gasteiger partial charge on any atom is 0.387 e. The summed E-state index contributed by atoms with van der Waals surface area (Å²) < 4.78 is 39.6. The predicted molar refractivity (Wildman–Crippen MR) is 70.4 cm³/mol. The van der Waals surface area contributed by atoms with Gasteiger partial charge in [-0.1, -0.05) is 6.07 Å². The van der Waals surface area contributed by atoms with E-state index in [4.69, 9.17) is 9.47 Å². The summed E-state index contributed by atoms with van der Waals surface area (Å²) in [5, 5.41) is 9.38. The maximum atomic E-state index is 12.4. The van der Waals surface area contributed by atoms with Crippen molar-refractivity contribution in [3.8, 4) is 17.6 Å². The van der Waals surface area contributed by atoms with Crippen molar-refractivity contribution < 1.29 is 23.0 Å². The van der Waals surface area contributed by atoms with E-state index < -0.39 is 12.7 Å². The fraction of sp³-hybridized carbons (Fsp3) is 0.500. The number of rotatable bonds is 5. The molecule has 0 aromatic heterocycles. The van der Waals surface area contributed by atoms with Crippen molar-refractivity contribution >= 4 is 0 Å². The molecule has 0 radical (unpaired) electrons. The average Bonchev–Trinajstić information content (AvgIpc) is 2.49. The summed E-state index contributed by atoms with van der Waals surface area (Å²) in [5.74, 6) is 0.135. The summed E-state index contributed by atoms with van der Waals surface area (Å²) in [6.07, 6.45) is 0. The Balaban J connectivity index is 2.26. The molecule has 1 heterocycles. The van der Waals surface area contributed by atoms with Gasteiger partial charge < -0.3 is 14.2 Å². The monoisotopic (exact) mass is 298 g/mol. The van der Waals surface area contributed by atoms with Crippen molar-refractivity contribution in [3.63, 3.8) is 0 Å². The van der Waals surface area contributed by atoms with E-state index in [1.54, 1.807) is 6.07 Å². The minimum absolute atomic E-state index is 0.0708. The zero-order valence-corrected chi connectivity index (χ0v) is 11.6. The first kappa shape index (κ1) is 15.5. The molecule has 5 nitrogen and oxygen atoms in total. The minimum Gasteiger partial charge on any atom is -0.493 e. The van der Waals surface area contributed by atoms with Crippen LogP contribution in [-0.2, 0) is 4.74 Å². The van der Waals surface area contributed by atoms with Gasteiger partial charge in [-0.05, 0) is 17.7 Å². The molecule has 1 fully saturated rings. The molecule has 1 aromatic carbocycles. The van der Waals surface area contributed by atoms with Crippen LogP contribution >= 0.6 is 0 Å². The van der Waals surface area contributed by atoms with Crippen molar-refractivity contribution in [3.05, 3.63) is 23.8 Å². The summed E-state index contributed by atoms with van der Waals surface area (Å²) >= 11 is 0. The number of methoxy groups -OCH3 is 1. The van der Waals surface area contributed by atoms with E-state index >= 15 is 0 Å². The Morgan fingerprint density at radius 3 is 2.57 bits per heavy atom. The highest BCUT2D eigenvalue weighted by molar-refractivity contribution is 5.45. The Morgan fingerprint density at radius 1 is 1.29 bits per heavy atom. The van der Waals surface area contributed by atoms with Gasteiger partial charge >= 0.3 is 6.61 Å². The van der Waals surface area contributed by atoms with E-state index in [1.165, 1.54) is 19.2 Å². The van der Waals surface area contributed by atoms with Crippen molar-refractivity contribution in [2.24, 2.45) is 0 Å². The predicted octanol–water partition coefficient (Wildman–Crippen LogP) is 2.19. The minimum atomic E-state index is -2.95. The number of nitrogens with zero attached hydrogens (tertiary/aromatic N) is 2. The third-order valence-electron chi connectivity index (χ3n) is 3.25. The molecule has 0 bridgehead atoms. The van der Waals surface area contributed by atoms with Crippen LogP contribution in [0.2, 0.25) is 0 Å². The molecule has 1 saturated heterocycles. The van der Waals surface area contributed by atoms with Crippen LogP contribution in [0.1, 0.15) is 11.6 Å². The molecule has 21 heavy (non-hydrogen) atoms. The van der Waals surface area contributed by atoms with Crippen molar-refractivity contribution in [2.45, 2.75) is 12.7 Å². The fourth-order valence-electron chi connectivity index (χ4n) is 2.25. The number of hydrogen-bond acceptors (Lipinski definition) is 5. The maximum absolute atomic E-state index is 12.4. The second kappa shape index (κ2) is 7.20. The number of morpholine rings is 1. The molecule has 1 aliphatic rings. The molecule has 1 aromatic rings. The van der Waals surface area contributed by atoms with Crippen LogP contribution < -0.4 is 9.47 Å². The molecule has 0 spiro atoms. The van der Waals surface area contributed by atoms with Crippen LogP contribution in [0.4, 0.5) is 8.78 Å². The summed E-state index contributed by atoms with van der Waals surface area (Å²) in [7, 11) is 1.37. The van der Waals surface area contributed by atoms with Gasteiger partial charge in [0.15, 0.2) is 11.5 Å². The van der Waals surface area contributed by atoms with Crippen LogP contribution in [0.25, 0.3) is 0 Å². The molecule has 0 N–H and O–H groups in total. The van der Waals surface area contributed by atoms with E-state index in [0.29, 0.717) is 31.9 Å². The first-order valence-corrected chi connectivity index (χ1v) is 6.50. The zero-order chi connectivity index (χ0) is 15.2. The highest BCUT2D eigenvalue weighted by Crippen LogP contribution is 2.33. The number of hydrogen-bond donors (Lipinski definition) is 0. The molecular formula is C14H16F2N2O3. The summed E-state index contributed by atoms with van der Waals surface area (Å²) in [5.41, 5.74) is 0.593. The third-order valence-corrected chi connectivity index (χ3v) is 3.25. The highest BCUT2D eigenvalue weighted by Gasteiger charge is 2.24. The van der Waals surface area contributed by atoms with Crippen LogP contribution in [0.3, 0.4) is 0 Å². The quantitative estimate of drug-likeness (QED) is 0.834. The Hall–Kier alpha value is -1.91. The molecule has 0 saturated carbocycles. The number of nitriles is 1. The molecule has 114 valence electrons. The number of halogens is 2. The molecule has 2 rings (SSSR count). The summed E-state index contributed by atoms with van der Waals surface area (Å²) in [4.78, 5) is 1.94. The molecule has 1 aliphatic heterocycles. The van der Waals surface area contributed by atoms with E-state index in [0.717, 1.165) is 0 Å². The lowest BCUT2D eigenvalue weighted by Crippen LogP contribution is -2.38. The lowest BCUT2D eigenvalue weighted by molar-refractivity contribution is -0.0513. The highest BCUT2D eigenvalue weighted by atomic mass is 19.3. The van der Waals surface area contributed by atoms with E-state index in [9.17, 15) is 14.0 Å². The summed E-state index contributed by atoms with van der Waals surface area (Å²) in [6, 6.07) is 6.30. The molecule has 1 unspecified atom stereocenters. The normalized spacial score (nSPS) is 17.3. The first-order valence-electron chi connectivity index (χ1n) is 6.50. The Kier molecular flexibility index (Phi) is 5.31. The van der Waals surface area contributed by atoms with Gasteiger partial charge in [0.05, 0.1) is 26.4 Å². The van der Waals surface area contributed by atoms with E-state index in [-0.39, 0.29) is 11.5 Å². The van der Waals surface area contributed by atoms with Crippen LogP contribution in [0.5, 0.6) is 11.5 Å². The van der Waals surface area contributed by atoms with Gasteiger partial charge in [0.2, 0.25) is 0 Å². The van der Waals surface area contributed by atoms with Gasteiger partial charge in [-0.2, -0.15) is 14.0 Å². The molecule has 1 atom stereocenters. The molecular weight excluding hydrogens is 282 g/mol. The summed E-state index contributed by atoms with van der Waals surface area (Å²) in [6.45, 7) is -0.605. The second-order valence-corrected chi connectivity index (χ2v) is 4.47. The molecule has 7 heteroatoms. The number of ether oxygens (including phenoxy) is 3. The van der Waals surface area contributed by atoms with Crippen LogP contribution in [0, 0.1) is 11.3 Å². The smallest absolute Gasteiger partial charge is 0.387 e. The fourth-order valence-corrected chi connectivity index (χ4v) is 2.25. The lowest BCUT2D eigenvalue weighted by atomic mass is 10.1. The van der Waals surface area contributed by atoms with Crippen LogP contribution in [-0.4, -0.2) is 44.9 Å². The largest absolute Gasteiger partial charge is 0.493 e. The number of benzene rings is 1. The van der Waals surface area contributed by atoms with Gasteiger partial charge in [-0.3, -0.25) is 4.90 Å². The van der Waals surface area contributed by atoms with Gasteiger partial charge in [0.25, 0.3) is 0 Å². The standard InChI is InChI=1S/C14H16F2N2O3/c1-19-12-3-2-10(8-13(12)21-14(15)16)11(9-17)18-4-6-20-7-5-18/h2-3,8,11,14H,4-7H2,1H3. The molecule has 0 aliphatic carbocycles. The van der Waals surface area contributed by atoms with Crippen molar-refractivity contribution in [2.75, 3.05) is 33.4 Å². The zero-order valence-electron chi connectivity index (χ0n) is 11.6. The van der Waals surface area contributed by atoms with Gasteiger partial charge in [0.1, 0.15) is 6.04 Å². The Bertz CT molecular complexity index is 513. The van der Waals surface area contributed by atoms with Gasteiger partial charge in [-0.25, -0.2) is 0 Å². The topological polar surface area (TPSA) is 54.7 Å². The van der Waals surface area contributed by atoms with E-state index in [2.05, 4.69) is 10.8 Å². The van der Waals surface area contributed by atoms with Gasteiger partial charge in [0, 0.05) is 13.1 Å². The van der Waals surface area contributed by atoms with Crippen molar-refractivity contribution in [1.82, 2.24) is 4.90 Å². The number of alkyl halides is 2. The Labute approximate surface area is 121 Å². The third kappa shape index (κ3) is 3.80. The van der Waals surface area contributed by atoms with Gasteiger partial charge in [-0.15, -0.1) is 0 Å². The SMILES string of the molecule is COc1ccc(C(C#N)N2CCOCC2)cc1OC(F)F. The molecule has 0 amide bonds. The Morgan fingerprint density at radius 2 is 2.00 bits per heavy atom. The lowest BCUT2D eigenvalue weighted by Gasteiger charge is -2.30. The van der Waals surface area contributed by atoms with E-state index in [1.807, 2.05) is 4.90 Å². The second-order valence-electron chi connectivity index (χ2n) is 4.47. The first-order chi connectivity index (χ1) is 10.2. The average molecular weight is 298 g/mol. The van der Waals surface area contributed by atoms with Crippen LogP contribution in [0.15, 0.2) is 18.2 Å². The van der Waals surface area contributed by atoms with Crippen molar-refractivity contribution in [1.29, 1.82) is 5.26 Å².